The van der Waals surface area contributed by atoms with Crippen LogP contribution in [0.1, 0.15) is 0 Å². The van der Waals surface area contributed by atoms with Crippen LogP contribution in [-0.2, 0) is 0 Å². The highest BCUT2D eigenvalue weighted by Crippen LogP contribution is 2.19. The van der Waals surface area contributed by atoms with Crippen molar-refractivity contribution in [3.8, 4) is 0 Å². The van der Waals surface area contributed by atoms with Crippen LogP contribution in [0.4, 0.5) is 0 Å². The van der Waals surface area contributed by atoms with Gasteiger partial charge in [-0.3, -0.25) is 0 Å². The molecule has 0 aromatic heterocycles. The third kappa shape index (κ3) is 3.65. The molecule has 0 aliphatic carbocycles. The van der Waals surface area contributed by atoms with Gasteiger partial charge in [-0.25, -0.2) is 0 Å². The summed E-state index contributed by atoms with van der Waals surface area (Å²) in [5.41, 5.74) is 0. The van der Waals surface area contributed by atoms with Crippen molar-refractivity contribution in [1.29, 1.82) is 0 Å². The standard InChI is InChI=1S/C3H2BrCl3/c4-2(1-5)3(6)7/h1H2. The fourth-order valence-corrected chi connectivity index (χ4v) is 0.455. The molecule has 0 amide bonds. The van der Waals surface area contributed by atoms with E-state index in [-0.39, 0.29) is 4.49 Å². The number of alkyl halides is 1. The highest BCUT2D eigenvalue weighted by Gasteiger charge is 1.92. The van der Waals surface area contributed by atoms with Gasteiger partial charge < -0.3 is 0 Å². The Kier molecular flexibility index (Phi) is 4.64. The zero-order valence-electron chi connectivity index (χ0n) is 3.22. The molecule has 0 radical (unpaired) electrons. The molecular weight excluding hydrogens is 222 g/mol. The molecule has 0 N–H and O–H groups in total. The van der Waals surface area contributed by atoms with Gasteiger partial charge in [0, 0.05) is 4.48 Å². The average molecular weight is 224 g/mol. The van der Waals surface area contributed by atoms with Crippen molar-refractivity contribution in [3.05, 3.63) is 8.97 Å². The SMILES string of the molecule is ClCC(Br)=C(Cl)Cl. The summed E-state index contributed by atoms with van der Waals surface area (Å²) in [6, 6.07) is 0. The Labute approximate surface area is 65.6 Å². The van der Waals surface area contributed by atoms with E-state index < -0.39 is 0 Å². The summed E-state index contributed by atoms with van der Waals surface area (Å²) in [5, 5.41) is 0. The molecule has 0 nitrogen and oxygen atoms in total. The van der Waals surface area contributed by atoms with Crippen LogP contribution in [0.3, 0.4) is 0 Å². The third-order valence-corrected chi connectivity index (χ3v) is 2.50. The molecule has 0 saturated carbocycles. The van der Waals surface area contributed by atoms with Gasteiger partial charge in [0.2, 0.25) is 0 Å². The van der Waals surface area contributed by atoms with Gasteiger partial charge in [0.25, 0.3) is 0 Å². The lowest BCUT2D eigenvalue weighted by Crippen LogP contribution is -1.68. The summed E-state index contributed by atoms with van der Waals surface area (Å²) in [5.74, 6) is 0.322. The Morgan fingerprint density at radius 1 is 1.43 bits per heavy atom. The second-order valence-corrected chi connectivity index (χ2v) is 2.97. The molecule has 0 rings (SSSR count). The molecule has 42 valence electrons. The largest absolute Gasteiger partial charge is 0.121 e. The zero-order chi connectivity index (χ0) is 5.86. The maximum absolute atomic E-state index is 5.27. The van der Waals surface area contributed by atoms with Gasteiger partial charge in [-0.2, -0.15) is 0 Å². The Morgan fingerprint density at radius 2 is 1.86 bits per heavy atom. The molecule has 0 bridgehead atoms. The molecule has 0 fully saturated rings. The first-order chi connectivity index (χ1) is 3.18. The fraction of sp³-hybridized carbons (Fsp3) is 0.333. The van der Waals surface area contributed by atoms with E-state index in [0.29, 0.717) is 10.4 Å². The smallest absolute Gasteiger partial charge is 0.118 e. The lowest BCUT2D eigenvalue weighted by atomic mass is 10.8. The predicted molar refractivity (Wildman–Crippen MR) is 38.4 cm³/mol. The Balaban J connectivity index is 3.72. The fourth-order valence-electron chi connectivity index (χ4n) is 0.0505. The van der Waals surface area contributed by atoms with Crippen LogP contribution in [0.2, 0.25) is 0 Å². The van der Waals surface area contributed by atoms with Gasteiger partial charge in [0.1, 0.15) is 4.49 Å². The third-order valence-electron chi connectivity index (χ3n) is 0.322. The van der Waals surface area contributed by atoms with Crippen LogP contribution < -0.4 is 0 Å². The van der Waals surface area contributed by atoms with E-state index in [1.54, 1.807) is 0 Å². The van der Waals surface area contributed by atoms with Crippen molar-refractivity contribution >= 4 is 50.7 Å². The molecule has 0 heterocycles. The monoisotopic (exact) mass is 222 g/mol. The van der Waals surface area contributed by atoms with E-state index in [2.05, 4.69) is 15.9 Å². The molecule has 0 atom stereocenters. The molecular formula is C3H2BrCl3. The normalized spacial score (nSPS) is 8.57. The Morgan fingerprint density at radius 3 is 1.86 bits per heavy atom. The van der Waals surface area contributed by atoms with Crippen molar-refractivity contribution in [2.75, 3.05) is 5.88 Å². The first kappa shape index (κ1) is 8.09. The molecule has 0 saturated heterocycles. The van der Waals surface area contributed by atoms with Crippen molar-refractivity contribution in [3.63, 3.8) is 0 Å². The molecule has 0 spiro atoms. The Hall–Kier alpha value is 1.09. The molecule has 0 unspecified atom stereocenters. The second kappa shape index (κ2) is 4.02. The molecule has 0 aromatic carbocycles. The number of rotatable bonds is 1. The minimum Gasteiger partial charge on any atom is -0.121 e. The highest BCUT2D eigenvalue weighted by atomic mass is 79.9. The Bertz CT molecular complexity index is 84.2. The number of halogens is 4. The van der Waals surface area contributed by atoms with E-state index >= 15 is 0 Å². The van der Waals surface area contributed by atoms with E-state index in [1.807, 2.05) is 0 Å². The number of hydrogen-bond acceptors (Lipinski definition) is 0. The summed E-state index contributed by atoms with van der Waals surface area (Å²) >= 11 is 18.8. The second-order valence-electron chi connectivity index (χ2n) is 0.799. The maximum Gasteiger partial charge on any atom is 0.118 e. The maximum atomic E-state index is 5.27. The molecule has 0 aliphatic rings. The summed E-state index contributed by atoms with van der Waals surface area (Å²) in [7, 11) is 0. The topological polar surface area (TPSA) is 0 Å². The van der Waals surface area contributed by atoms with E-state index in [0.717, 1.165) is 0 Å². The van der Waals surface area contributed by atoms with Crippen LogP contribution in [0, 0.1) is 0 Å². The molecule has 0 aliphatic heterocycles. The summed E-state index contributed by atoms with van der Waals surface area (Å²) in [6.07, 6.45) is 0. The minimum atomic E-state index is 0.190. The number of allylic oxidation sites excluding steroid dienone is 1. The summed E-state index contributed by atoms with van der Waals surface area (Å²) in [6.45, 7) is 0. The first-order valence-electron chi connectivity index (χ1n) is 1.44. The van der Waals surface area contributed by atoms with Crippen LogP contribution in [0.25, 0.3) is 0 Å². The van der Waals surface area contributed by atoms with E-state index in [4.69, 9.17) is 34.8 Å². The quantitative estimate of drug-likeness (QED) is 0.600. The van der Waals surface area contributed by atoms with Crippen LogP contribution in [0.5, 0.6) is 0 Å². The zero-order valence-corrected chi connectivity index (χ0v) is 7.07. The van der Waals surface area contributed by atoms with Crippen molar-refractivity contribution in [1.82, 2.24) is 0 Å². The van der Waals surface area contributed by atoms with Gasteiger partial charge in [-0.1, -0.05) is 39.1 Å². The van der Waals surface area contributed by atoms with Crippen LogP contribution >= 0.6 is 50.7 Å². The number of hydrogen-bond donors (Lipinski definition) is 0. The minimum absolute atomic E-state index is 0.190. The van der Waals surface area contributed by atoms with Gasteiger partial charge in [-0.05, 0) is 0 Å². The summed E-state index contributed by atoms with van der Waals surface area (Å²) in [4.78, 5) is 0. The van der Waals surface area contributed by atoms with Crippen LogP contribution in [0.15, 0.2) is 8.97 Å². The molecule has 7 heavy (non-hydrogen) atoms. The molecule has 0 aromatic rings. The van der Waals surface area contributed by atoms with Gasteiger partial charge in [0.05, 0.1) is 5.88 Å². The van der Waals surface area contributed by atoms with Crippen molar-refractivity contribution in [2.45, 2.75) is 0 Å². The van der Waals surface area contributed by atoms with Crippen LogP contribution in [-0.4, -0.2) is 5.88 Å². The van der Waals surface area contributed by atoms with Crippen molar-refractivity contribution < 1.29 is 0 Å². The first-order valence-corrected chi connectivity index (χ1v) is 3.52. The lowest BCUT2D eigenvalue weighted by Gasteiger charge is -1.85. The molecule has 4 heteroatoms. The van der Waals surface area contributed by atoms with Gasteiger partial charge >= 0.3 is 0 Å². The highest BCUT2D eigenvalue weighted by molar-refractivity contribution is 9.11. The van der Waals surface area contributed by atoms with Crippen molar-refractivity contribution in [2.24, 2.45) is 0 Å². The lowest BCUT2D eigenvalue weighted by molar-refractivity contribution is 1.72. The predicted octanol–water partition coefficient (Wildman–Crippen LogP) is 3.27. The average Bonchev–Trinajstić information content (AvgIpc) is 1.65. The van der Waals surface area contributed by atoms with Gasteiger partial charge in [-0.15, -0.1) is 11.6 Å². The summed E-state index contributed by atoms with van der Waals surface area (Å²) < 4.78 is 0.813. The van der Waals surface area contributed by atoms with E-state index in [1.165, 1.54) is 0 Å². The van der Waals surface area contributed by atoms with Gasteiger partial charge in [0.15, 0.2) is 0 Å². The van der Waals surface area contributed by atoms with E-state index in [9.17, 15) is 0 Å².